The summed E-state index contributed by atoms with van der Waals surface area (Å²) in [6.45, 7) is 1.53. The normalized spacial score (nSPS) is 11.1. The predicted octanol–water partition coefficient (Wildman–Crippen LogP) is 4.47. The van der Waals surface area contributed by atoms with Gasteiger partial charge in [0, 0.05) is 24.6 Å². The molecule has 5 nitrogen and oxygen atoms in total. The van der Waals surface area contributed by atoms with Crippen LogP contribution in [0.4, 0.5) is 0 Å². The van der Waals surface area contributed by atoms with Crippen LogP contribution in [-0.2, 0) is 22.5 Å². The monoisotopic (exact) mass is 389 g/mol. The number of ether oxygens (including phenoxy) is 2. The van der Waals surface area contributed by atoms with E-state index in [1.807, 2.05) is 48.5 Å². The van der Waals surface area contributed by atoms with Crippen molar-refractivity contribution in [3.63, 3.8) is 0 Å². The number of methoxy groups -OCH3 is 1. The number of rotatable bonds is 8. The number of benzene rings is 3. The first-order valence-electron chi connectivity index (χ1n) is 9.60. The van der Waals surface area contributed by atoms with Crippen LogP contribution in [0.3, 0.4) is 0 Å². The van der Waals surface area contributed by atoms with Gasteiger partial charge < -0.3 is 19.2 Å². The lowest BCUT2D eigenvalue weighted by molar-refractivity contribution is -0.120. The van der Waals surface area contributed by atoms with Crippen LogP contribution in [0, 0.1) is 0 Å². The molecule has 1 N–H and O–H groups in total. The van der Waals surface area contributed by atoms with Gasteiger partial charge in [-0.2, -0.15) is 0 Å². The number of carbonyl (C=O) groups is 1. The molecule has 0 saturated heterocycles. The number of fused-ring (bicyclic) bond motifs is 3. The summed E-state index contributed by atoms with van der Waals surface area (Å²) in [6.07, 6.45) is 1.96. The number of furan rings is 1. The van der Waals surface area contributed by atoms with Gasteiger partial charge >= 0.3 is 0 Å². The molecule has 148 valence electrons. The molecule has 0 aliphatic rings. The van der Waals surface area contributed by atoms with Gasteiger partial charge in [0.1, 0.15) is 17.9 Å². The molecule has 0 radical (unpaired) electrons. The molecular formula is C24H23NO4. The van der Waals surface area contributed by atoms with E-state index >= 15 is 0 Å². The maximum atomic E-state index is 12.5. The van der Waals surface area contributed by atoms with E-state index in [9.17, 15) is 4.79 Å². The van der Waals surface area contributed by atoms with E-state index in [0.717, 1.165) is 38.6 Å². The van der Waals surface area contributed by atoms with Gasteiger partial charge in [0.05, 0.1) is 19.3 Å². The molecule has 5 heteroatoms. The first-order valence-corrected chi connectivity index (χ1v) is 9.60. The summed E-state index contributed by atoms with van der Waals surface area (Å²) < 4.78 is 16.2. The van der Waals surface area contributed by atoms with Crippen molar-refractivity contribution in [1.82, 2.24) is 5.32 Å². The second kappa shape index (κ2) is 8.80. The zero-order valence-corrected chi connectivity index (χ0v) is 16.3. The van der Waals surface area contributed by atoms with Crippen molar-refractivity contribution < 1.29 is 18.7 Å². The molecule has 3 aromatic carbocycles. The minimum Gasteiger partial charge on any atom is -0.491 e. The smallest absolute Gasteiger partial charge is 0.224 e. The van der Waals surface area contributed by atoms with E-state index in [2.05, 4.69) is 17.4 Å². The highest BCUT2D eigenvalue weighted by molar-refractivity contribution is 6.08. The fourth-order valence-electron chi connectivity index (χ4n) is 3.39. The van der Waals surface area contributed by atoms with Crippen LogP contribution in [0.5, 0.6) is 5.75 Å². The molecule has 0 bridgehead atoms. The van der Waals surface area contributed by atoms with Gasteiger partial charge in [-0.25, -0.2) is 0 Å². The van der Waals surface area contributed by atoms with E-state index in [1.54, 1.807) is 13.4 Å². The van der Waals surface area contributed by atoms with Crippen LogP contribution in [0.15, 0.2) is 71.3 Å². The quantitative estimate of drug-likeness (QED) is 0.452. The second-order valence-corrected chi connectivity index (χ2v) is 6.86. The van der Waals surface area contributed by atoms with Crippen LogP contribution in [0.2, 0.25) is 0 Å². The number of nitrogens with one attached hydrogen (secondary N) is 1. The molecule has 0 atom stereocenters. The van der Waals surface area contributed by atoms with Crippen molar-refractivity contribution >= 4 is 27.6 Å². The summed E-state index contributed by atoms with van der Waals surface area (Å²) in [4.78, 5) is 12.5. The van der Waals surface area contributed by atoms with Crippen molar-refractivity contribution in [2.45, 2.75) is 13.0 Å². The largest absolute Gasteiger partial charge is 0.491 e. The molecule has 0 saturated carbocycles. The van der Waals surface area contributed by atoms with Crippen molar-refractivity contribution in [3.8, 4) is 5.75 Å². The van der Waals surface area contributed by atoms with Crippen LogP contribution in [0.25, 0.3) is 21.7 Å². The zero-order chi connectivity index (χ0) is 20.1. The average molecular weight is 389 g/mol. The molecule has 1 heterocycles. The van der Waals surface area contributed by atoms with Crippen molar-refractivity contribution in [2.75, 3.05) is 20.3 Å². The summed E-state index contributed by atoms with van der Waals surface area (Å²) >= 11 is 0. The Morgan fingerprint density at radius 3 is 2.66 bits per heavy atom. The lowest BCUT2D eigenvalue weighted by atomic mass is 10.0. The van der Waals surface area contributed by atoms with Crippen LogP contribution < -0.4 is 10.1 Å². The van der Waals surface area contributed by atoms with Crippen LogP contribution in [-0.4, -0.2) is 26.2 Å². The molecule has 0 unspecified atom stereocenters. The van der Waals surface area contributed by atoms with E-state index in [4.69, 9.17) is 13.9 Å². The minimum absolute atomic E-state index is 0.0407. The van der Waals surface area contributed by atoms with Crippen LogP contribution >= 0.6 is 0 Å². The molecule has 0 spiro atoms. The maximum absolute atomic E-state index is 12.5. The molecular weight excluding hydrogens is 366 g/mol. The second-order valence-electron chi connectivity index (χ2n) is 6.86. The van der Waals surface area contributed by atoms with Gasteiger partial charge in [-0.15, -0.1) is 0 Å². The Morgan fingerprint density at radius 1 is 1.00 bits per heavy atom. The van der Waals surface area contributed by atoms with Gasteiger partial charge in [0.2, 0.25) is 5.91 Å². The third-order valence-corrected chi connectivity index (χ3v) is 4.86. The lowest BCUT2D eigenvalue weighted by Gasteiger charge is -2.08. The molecule has 4 rings (SSSR count). The van der Waals surface area contributed by atoms with E-state index in [1.165, 1.54) is 0 Å². The van der Waals surface area contributed by atoms with E-state index < -0.39 is 0 Å². The fourth-order valence-corrected chi connectivity index (χ4v) is 3.39. The minimum atomic E-state index is -0.0407. The number of hydrogen-bond donors (Lipinski definition) is 1. The molecule has 29 heavy (non-hydrogen) atoms. The van der Waals surface area contributed by atoms with E-state index in [-0.39, 0.29) is 12.3 Å². The summed E-state index contributed by atoms with van der Waals surface area (Å²) in [5.74, 6) is 0.745. The highest BCUT2D eigenvalue weighted by Crippen LogP contribution is 2.30. The Kier molecular flexibility index (Phi) is 5.77. The van der Waals surface area contributed by atoms with Crippen molar-refractivity contribution in [2.24, 2.45) is 0 Å². The highest BCUT2D eigenvalue weighted by atomic mass is 16.5. The Morgan fingerprint density at radius 2 is 1.83 bits per heavy atom. The van der Waals surface area contributed by atoms with Crippen LogP contribution in [0.1, 0.15) is 11.1 Å². The summed E-state index contributed by atoms with van der Waals surface area (Å²) in [5, 5.41) is 6.23. The summed E-state index contributed by atoms with van der Waals surface area (Å²) in [6, 6.07) is 19.8. The third kappa shape index (κ3) is 4.41. The van der Waals surface area contributed by atoms with Gasteiger partial charge in [-0.05, 0) is 34.5 Å². The molecule has 0 aliphatic heterocycles. The Bertz CT molecular complexity index is 1110. The van der Waals surface area contributed by atoms with Gasteiger partial charge in [0.15, 0.2) is 0 Å². The number of hydrogen-bond acceptors (Lipinski definition) is 4. The highest BCUT2D eigenvalue weighted by Gasteiger charge is 2.13. The zero-order valence-electron chi connectivity index (χ0n) is 16.3. The molecule has 1 amide bonds. The first kappa shape index (κ1) is 19.0. The van der Waals surface area contributed by atoms with Crippen molar-refractivity contribution in [1.29, 1.82) is 0 Å². The molecule has 0 aliphatic carbocycles. The molecule has 1 aromatic heterocycles. The summed E-state index contributed by atoms with van der Waals surface area (Å²) in [7, 11) is 1.64. The number of carbonyl (C=O) groups excluding carboxylic acids is 1. The first-order chi connectivity index (χ1) is 14.2. The van der Waals surface area contributed by atoms with Gasteiger partial charge in [-0.1, -0.05) is 42.5 Å². The Hall–Kier alpha value is -3.31. The fraction of sp³-hybridized carbons (Fsp3) is 0.208. The standard InChI is InChI=1S/C24H23NO4/c1-27-12-13-28-20-9-6-17(7-10-20)15-25-23(26)14-19-16-29-22-11-8-18-4-2-3-5-21(18)24(19)22/h2-11,16H,12-15H2,1H3,(H,25,26). The van der Waals surface area contributed by atoms with Gasteiger partial charge in [-0.3, -0.25) is 4.79 Å². The maximum Gasteiger partial charge on any atom is 0.224 e. The Labute approximate surface area is 169 Å². The molecule has 4 aromatic rings. The Balaban J connectivity index is 1.39. The van der Waals surface area contributed by atoms with Gasteiger partial charge in [0.25, 0.3) is 0 Å². The SMILES string of the molecule is COCCOc1ccc(CNC(=O)Cc2coc3ccc4ccccc4c23)cc1. The van der Waals surface area contributed by atoms with Crippen molar-refractivity contribution in [3.05, 3.63) is 78.1 Å². The predicted molar refractivity (Wildman–Crippen MR) is 113 cm³/mol. The number of amides is 1. The lowest BCUT2D eigenvalue weighted by Crippen LogP contribution is -2.24. The van der Waals surface area contributed by atoms with E-state index in [0.29, 0.717) is 19.8 Å². The average Bonchev–Trinajstić information content (AvgIpc) is 3.16. The molecule has 0 fully saturated rings. The summed E-state index contributed by atoms with van der Waals surface area (Å²) in [5.41, 5.74) is 2.71. The topological polar surface area (TPSA) is 60.7 Å². The third-order valence-electron chi connectivity index (χ3n) is 4.86.